The van der Waals surface area contributed by atoms with Gasteiger partial charge < -0.3 is 9.40 Å². The maximum absolute atomic E-state index is 12.7. The predicted octanol–water partition coefficient (Wildman–Crippen LogP) is 6.33. The Hall–Kier alpha value is -3.28. The number of rotatable bonds is 3. The van der Waals surface area contributed by atoms with E-state index in [1.165, 1.54) is 12.1 Å². The first-order chi connectivity index (χ1) is 12.9. The summed E-state index contributed by atoms with van der Waals surface area (Å²) >= 11 is 0. The van der Waals surface area contributed by atoms with Crippen LogP contribution in [-0.2, 0) is 6.18 Å². The van der Waals surface area contributed by atoms with Crippen LogP contribution in [-0.4, -0.2) is 9.97 Å². The van der Waals surface area contributed by atoms with Gasteiger partial charge in [-0.2, -0.15) is 13.2 Å². The highest BCUT2D eigenvalue weighted by Gasteiger charge is 2.30. The van der Waals surface area contributed by atoms with Gasteiger partial charge in [0.15, 0.2) is 11.6 Å². The molecule has 4 rings (SSSR count). The fraction of sp³-hybridized carbons (Fsp3) is 0.0952. The van der Waals surface area contributed by atoms with E-state index in [0.29, 0.717) is 22.9 Å². The highest BCUT2D eigenvalue weighted by atomic mass is 19.4. The molecule has 0 fully saturated rings. The van der Waals surface area contributed by atoms with E-state index in [4.69, 9.17) is 4.42 Å². The Morgan fingerprint density at radius 3 is 2.15 bits per heavy atom. The SMILES string of the molecule is Cc1nc(-c2ccc(-c3ccc(C(F)(F)F)cc3)o2)[nH]c1-c1ccccc1. The van der Waals surface area contributed by atoms with Gasteiger partial charge in [-0.05, 0) is 36.8 Å². The Morgan fingerprint density at radius 2 is 1.48 bits per heavy atom. The van der Waals surface area contributed by atoms with E-state index in [0.717, 1.165) is 29.1 Å². The first-order valence-electron chi connectivity index (χ1n) is 8.32. The molecule has 27 heavy (non-hydrogen) atoms. The molecule has 3 nitrogen and oxygen atoms in total. The van der Waals surface area contributed by atoms with Gasteiger partial charge in [-0.25, -0.2) is 4.98 Å². The van der Waals surface area contributed by atoms with Crippen molar-refractivity contribution < 1.29 is 17.6 Å². The number of alkyl halides is 3. The number of hydrogen-bond donors (Lipinski definition) is 1. The maximum atomic E-state index is 12.7. The quantitative estimate of drug-likeness (QED) is 0.459. The number of H-pyrrole nitrogens is 1. The lowest BCUT2D eigenvalue weighted by Crippen LogP contribution is -2.03. The highest BCUT2D eigenvalue weighted by Crippen LogP contribution is 2.33. The summed E-state index contributed by atoms with van der Waals surface area (Å²) in [5, 5.41) is 0. The van der Waals surface area contributed by atoms with Crippen molar-refractivity contribution in [1.82, 2.24) is 9.97 Å². The lowest BCUT2D eigenvalue weighted by Gasteiger charge is -2.06. The lowest BCUT2D eigenvalue weighted by molar-refractivity contribution is -0.137. The number of aromatic amines is 1. The number of hydrogen-bond acceptors (Lipinski definition) is 2. The van der Waals surface area contributed by atoms with Crippen molar-refractivity contribution in [2.75, 3.05) is 0 Å². The molecular formula is C21H15F3N2O. The van der Waals surface area contributed by atoms with Gasteiger partial charge >= 0.3 is 6.18 Å². The third-order valence-corrected chi connectivity index (χ3v) is 4.28. The van der Waals surface area contributed by atoms with Crippen molar-refractivity contribution in [3.8, 4) is 34.2 Å². The number of aryl methyl sites for hydroxylation is 1. The zero-order valence-corrected chi connectivity index (χ0v) is 14.3. The molecule has 0 aliphatic heterocycles. The monoisotopic (exact) mass is 368 g/mol. The summed E-state index contributed by atoms with van der Waals surface area (Å²) in [7, 11) is 0. The van der Waals surface area contributed by atoms with E-state index in [1.54, 1.807) is 12.1 Å². The van der Waals surface area contributed by atoms with Gasteiger partial charge in [-0.3, -0.25) is 0 Å². The normalized spacial score (nSPS) is 11.7. The Kier molecular flexibility index (Phi) is 4.11. The van der Waals surface area contributed by atoms with Crippen molar-refractivity contribution >= 4 is 0 Å². The molecule has 0 aliphatic rings. The van der Waals surface area contributed by atoms with Gasteiger partial charge in [-0.1, -0.05) is 42.5 Å². The fourth-order valence-corrected chi connectivity index (χ4v) is 2.91. The molecule has 0 saturated carbocycles. The van der Waals surface area contributed by atoms with Crippen molar-refractivity contribution in [3.05, 3.63) is 78.0 Å². The molecule has 4 aromatic rings. The van der Waals surface area contributed by atoms with E-state index >= 15 is 0 Å². The average molecular weight is 368 g/mol. The van der Waals surface area contributed by atoms with Crippen LogP contribution in [0.5, 0.6) is 0 Å². The smallest absolute Gasteiger partial charge is 0.416 e. The first-order valence-corrected chi connectivity index (χ1v) is 8.32. The highest BCUT2D eigenvalue weighted by molar-refractivity contribution is 5.67. The van der Waals surface area contributed by atoms with Crippen molar-refractivity contribution in [2.24, 2.45) is 0 Å². The second kappa shape index (κ2) is 6.46. The van der Waals surface area contributed by atoms with Crippen LogP contribution < -0.4 is 0 Å². The van der Waals surface area contributed by atoms with Crippen LogP contribution in [0.1, 0.15) is 11.3 Å². The van der Waals surface area contributed by atoms with Gasteiger partial charge in [-0.15, -0.1) is 0 Å². The van der Waals surface area contributed by atoms with Crippen LogP contribution in [0.15, 0.2) is 71.1 Å². The van der Waals surface area contributed by atoms with E-state index in [2.05, 4.69) is 9.97 Å². The molecule has 6 heteroatoms. The van der Waals surface area contributed by atoms with Crippen LogP contribution >= 0.6 is 0 Å². The van der Waals surface area contributed by atoms with E-state index in [9.17, 15) is 13.2 Å². The average Bonchev–Trinajstić information content (AvgIpc) is 3.29. The van der Waals surface area contributed by atoms with E-state index in [-0.39, 0.29) is 0 Å². The van der Waals surface area contributed by atoms with Crippen molar-refractivity contribution in [3.63, 3.8) is 0 Å². The molecule has 1 N–H and O–H groups in total. The van der Waals surface area contributed by atoms with Gasteiger partial charge in [0.2, 0.25) is 0 Å². The molecular weight excluding hydrogens is 353 g/mol. The van der Waals surface area contributed by atoms with Gasteiger partial charge in [0, 0.05) is 5.56 Å². The Morgan fingerprint density at radius 1 is 0.815 bits per heavy atom. The minimum absolute atomic E-state index is 0.481. The van der Waals surface area contributed by atoms with Crippen LogP contribution in [0.25, 0.3) is 34.2 Å². The van der Waals surface area contributed by atoms with Crippen LogP contribution in [0.2, 0.25) is 0 Å². The lowest BCUT2D eigenvalue weighted by atomic mass is 10.1. The van der Waals surface area contributed by atoms with Crippen LogP contribution in [0, 0.1) is 6.92 Å². The van der Waals surface area contributed by atoms with Gasteiger partial charge in [0.25, 0.3) is 0 Å². The molecule has 2 heterocycles. The van der Waals surface area contributed by atoms with Crippen molar-refractivity contribution in [2.45, 2.75) is 13.1 Å². The minimum Gasteiger partial charge on any atom is -0.453 e. The molecule has 2 aromatic carbocycles. The number of halogens is 3. The Balaban J connectivity index is 1.64. The topological polar surface area (TPSA) is 41.8 Å². The molecule has 0 radical (unpaired) electrons. The number of imidazole rings is 1. The summed E-state index contributed by atoms with van der Waals surface area (Å²) in [5.74, 6) is 1.58. The number of nitrogens with zero attached hydrogens (tertiary/aromatic N) is 1. The van der Waals surface area contributed by atoms with Crippen LogP contribution in [0.4, 0.5) is 13.2 Å². The largest absolute Gasteiger partial charge is 0.453 e. The molecule has 0 unspecified atom stereocenters. The Bertz CT molecular complexity index is 1060. The first kappa shape index (κ1) is 17.1. The molecule has 136 valence electrons. The summed E-state index contributed by atoms with van der Waals surface area (Å²) in [4.78, 5) is 7.77. The maximum Gasteiger partial charge on any atom is 0.416 e. The molecule has 0 saturated heterocycles. The second-order valence-electron chi connectivity index (χ2n) is 6.15. The fourth-order valence-electron chi connectivity index (χ4n) is 2.91. The van der Waals surface area contributed by atoms with Crippen molar-refractivity contribution in [1.29, 1.82) is 0 Å². The summed E-state index contributed by atoms with van der Waals surface area (Å²) < 4.78 is 43.9. The standard InChI is InChI=1S/C21H15F3N2O/c1-13-19(15-5-3-2-4-6-15)26-20(25-13)18-12-11-17(27-18)14-7-9-16(10-8-14)21(22,23)24/h2-12H,1H3,(H,25,26). The molecule has 2 aromatic heterocycles. The third-order valence-electron chi connectivity index (χ3n) is 4.28. The number of furan rings is 1. The molecule has 0 atom stereocenters. The molecule has 0 amide bonds. The molecule has 0 aliphatic carbocycles. The minimum atomic E-state index is -4.35. The van der Waals surface area contributed by atoms with Crippen LogP contribution in [0.3, 0.4) is 0 Å². The number of nitrogens with one attached hydrogen (secondary N) is 1. The van der Waals surface area contributed by atoms with Gasteiger partial charge in [0.1, 0.15) is 5.76 Å². The zero-order valence-electron chi connectivity index (χ0n) is 14.3. The van der Waals surface area contributed by atoms with Gasteiger partial charge in [0.05, 0.1) is 17.0 Å². The van der Waals surface area contributed by atoms with E-state index in [1.807, 2.05) is 37.3 Å². The summed E-state index contributed by atoms with van der Waals surface area (Å²) in [6.45, 7) is 1.90. The summed E-state index contributed by atoms with van der Waals surface area (Å²) in [5.41, 5.74) is 2.64. The zero-order chi connectivity index (χ0) is 19.0. The Labute approximate surface area is 153 Å². The summed E-state index contributed by atoms with van der Waals surface area (Å²) in [6, 6.07) is 18.2. The predicted molar refractivity (Wildman–Crippen MR) is 96.9 cm³/mol. The third kappa shape index (κ3) is 3.38. The number of benzene rings is 2. The second-order valence-corrected chi connectivity index (χ2v) is 6.15. The number of aromatic nitrogens is 2. The van der Waals surface area contributed by atoms with E-state index < -0.39 is 11.7 Å². The summed E-state index contributed by atoms with van der Waals surface area (Å²) in [6.07, 6.45) is -4.35. The molecule has 0 bridgehead atoms. The molecule has 0 spiro atoms.